The molecule has 0 atom stereocenters. The molecule has 0 radical (unpaired) electrons. The Balaban J connectivity index is 2.20. The van der Waals surface area contributed by atoms with Crippen molar-refractivity contribution in [3.05, 3.63) is 0 Å². The average molecular weight is 182 g/mol. The summed E-state index contributed by atoms with van der Waals surface area (Å²) in [5.41, 5.74) is -0.637. The number of carboxylic acids is 1. The predicted octanol–water partition coefficient (Wildman–Crippen LogP) is 1.61. The summed E-state index contributed by atoms with van der Waals surface area (Å²) in [6.07, 6.45) is 5.48. The van der Waals surface area contributed by atoms with Gasteiger partial charge >= 0.3 is 5.97 Å². The van der Waals surface area contributed by atoms with Gasteiger partial charge in [-0.3, -0.25) is 4.79 Å². The van der Waals surface area contributed by atoms with E-state index < -0.39 is 11.4 Å². The van der Waals surface area contributed by atoms with E-state index in [4.69, 9.17) is 5.11 Å². The largest absolute Gasteiger partial charge is 0.481 e. The number of fused-ring (bicyclic) bond motifs is 3. The summed E-state index contributed by atoms with van der Waals surface area (Å²) >= 11 is 0. The molecule has 0 heterocycles. The maximum atomic E-state index is 11.0. The molecule has 3 saturated carbocycles. The van der Waals surface area contributed by atoms with Gasteiger partial charge in [-0.15, -0.1) is 0 Å². The number of aldehydes is 1. The van der Waals surface area contributed by atoms with E-state index in [9.17, 15) is 9.59 Å². The van der Waals surface area contributed by atoms with E-state index in [1.165, 1.54) is 0 Å². The van der Waals surface area contributed by atoms with Gasteiger partial charge in [0.15, 0.2) is 0 Å². The minimum absolute atomic E-state index is 0.156. The summed E-state index contributed by atoms with van der Waals surface area (Å²) in [5.74, 6) is -0.660. The van der Waals surface area contributed by atoms with E-state index in [2.05, 4.69) is 0 Å². The zero-order chi connectivity index (χ0) is 9.53. The Morgan fingerprint density at radius 1 is 1.08 bits per heavy atom. The quantitative estimate of drug-likeness (QED) is 0.660. The van der Waals surface area contributed by atoms with Crippen molar-refractivity contribution in [2.24, 2.45) is 10.8 Å². The highest BCUT2D eigenvalue weighted by Crippen LogP contribution is 2.55. The van der Waals surface area contributed by atoms with Gasteiger partial charge in [-0.2, -0.15) is 0 Å². The van der Waals surface area contributed by atoms with Crippen molar-refractivity contribution in [3.8, 4) is 0 Å². The molecule has 3 heteroatoms. The molecule has 0 aromatic heterocycles. The molecule has 0 aliphatic heterocycles. The van der Waals surface area contributed by atoms with Crippen molar-refractivity contribution >= 4 is 12.3 Å². The van der Waals surface area contributed by atoms with Crippen LogP contribution in [0.2, 0.25) is 0 Å². The zero-order valence-corrected chi connectivity index (χ0v) is 7.58. The first-order valence-corrected chi connectivity index (χ1v) is 4.82. The molecule has 3 rings (SSSR count). The fourth-order valence-corrected chi connectivity index (χ4v) is 2.71. The minimum Gasteiger partial charge on any atom is -0.481 e. The standard InChI is InChI=1S/C10H14O3/c11-7-9-1-4-10(5-2-9,6-3-9)8(12)13/h7H,1-6H2,(H,12,13). The number of aliphatic carboxylic acids is 1. The zero-order valence-electron chi connectivity index (χ0n) is 7.58. The van der Waals surface area contributed by atoms with Crippen molar-refractivity contribution in [2.45, 2.75) is 38.5 Å². The third-order valence-electron chi connectivity index (χ3n) is 4.01. The Kier molecular flexibility index (Phi) is 1.72. The summed E-state index contributed by atoms with van der Waals surface area (Å²) in [5, 5.41) is 9.08. The van der Waals surface area contributed by atoms with Crippen LogP contribution < -0.4 is 0 Å². The Morgan fingerprint density at radius 2 is 1.54 bits per heavy atom. The molecule has 1 N–H and O–H groups in total. The molecule has 0 aromatic carbocycles. The second-order valence-electron chi connectivity index (χ2n) is 4.57. The summed E-state index contributed by atoms with van der Waals surface area (Å²) < 4.78 is 0. The number of carboxylic acid groups (broad SMARTS) is 1. The number of rotatable bonds is 2. The SMILES string of the molecule is O=CC12CCC(C(=O)O)(CC1)CC2. The van der Waals surface area contributed by atoms with E-state index in [0.717, 1.165) is 25.5 Å². The number of carbonyl (C=O) groups excluding carboxylic acids is 1. The number of carbonyl (C=O) groups is 2. The van der Waals surface area contributed by atoms with E-state index in [-0.39, 0.29) is 5.41 Å². The lowest BCUT2D eigenvalue weighted by atomic mass is 9.54. The van der Waals surface area contributed by atoms with Crippen LogP contribution in [0, 0.1) is 10.8 Å². The molecule has 2 bridgehead atoms. The molecule has 0 aromatic rings. The monoisotopic (exact) mass is 182 g/mol. The Hall–Kier alpha value is -0.860. The van der Waals surface area contributed by atoms with Gasteiger partial charge in [0.2, 0.25) is 0 Å². The van der Waals surface area contributed by atoms with Crippen molar-refractivity contribution in [1.29, 1.82) is 0 Å². The highest BCUT2D eigenvalue weighted by molar-refractivity contribution is 5.76. The van der Waals surface area contributed by atoms with Crippen LogP contribution in [0.25, 0.3) is 0 Å². The number of hydrogen-bond acceptors (Lipinski definition) is 2. The number of hydrogen-bond donors (Lipinski definition) is 1. The summed E-state index contributed by atoms with van der Waals surface area (Å²) in [6.45, 7) is 0. The second kappa shape index (κ2) is 2.56. The van der Waals surface area contributed by atoms with Crippen molar-refractivity contribution in [1.82, 2.24) is 0 Å². The highest BCUT2D eigenvalue weighted by Gasteiger charge is 2.52. The smallest absolute Gasteiger partial charge is 0.309 e. The third-order valence-corrected chi connectivity index (χ3v) is 4.01. The predicted molar refractivity (Wildman–Crippen MR) is 46.3 cm³/mol. The van der Waals surface area contributed by atoms with Gasteiger partial charge in [-0.1, -0.05) is 0 Å². The lowest BCUT2D eigenvalue weighted by Gasteiger charge is -2.48. The first-order valence-electron chi connectivity index (χ1n) is 4.82. The van der Waals surface area contributed by atoms with E-state index in [0.29, 0.717) is 19.3 Å². The van der Waals surface area contributed by atoms with Gasteiger partial charge < -0.3 is 9.90 Å². The molecule has 0 saturated heterocycles. The van der Waals surface area contributed by atoms with E-state index in [1.54, 1.807) is 0 Å². The highest BCUT2D eigenvalue weighted by atomic mass is 16.4. The van der Waals surface area contributed by atoms with Crippen LogP contribution in [0.5, 0.6) is 0 Å². The van der Waals surface area contributed by atoms with Crippen molar-refractivity contribution in [2.75, 3.05) is 0 Å². The second-order valence-corrected chi connectivity index (χ2v) is 4.57. The van der Waals surface area contributed by atoms with Crippen LogP contribution in [0.4, 0.5) is 0 Å². The molecule has 0 amide bonds. The Bertz CT molecular complexity index is 232. The van der Waals surface area contributed by atoms with Crippen LogP contribution in [-0.4, -0.2) is 17.4 Å². The van der Waals surface area contributed by atoms with E-state index in [1.807, 2.05) is 0 Å². The van der Waals surface area contributed by atoms with Gasteiger partial charge in [0.05, 0.1) is 5.41 Å². The molecule has 3 nitrogen and oxygen atoms in total. The van der Waals surface area contributed by atoms with Crippen LogP contribution in [0.15, 0.2) is 0 Å². The first kappa shape index (κ1) is 8.73. The Morgan fingerprint density at radius 3 is 1.85 bits per heavy atom. The summed E-state index contributed by atoms with van der Waals surface area (Å²) in [7, 11) is 0. The molecule has 3 fully saturated rings. The topological polar surface area (TPSA) is 54.4 Å². The molecule has 72 valence electrons. The van der Waals surface area contributed by atoms with Crippen LogP contribution in [0.3, 0.4) is 0 Å². The van der Waals surface area contributed by atoms with Gasteiger partial charge in [0.1, 0.15) is 6.29 Å². The van der Waals surface area contributed by atoms with Gasteiger partial charge in [0.25, 0.3) is 0 Å². The normalized spacial score (nSPS) is 43.1. The molecule has 3 aliphatic carbocycles. The maximum Gasteiger partial charge on any atom is 0.309 e. The molecular formula is C10H14O3. The molecule has 13 heavy (non-hydrogen) atoms. The third kappa shape index (κ3) is 1.10. The van der Waals surface area contributed by atoms with Crippen molar-refractivity contribution in [3.63, 3.8) is 0 Å². The Labute approximate surface area is 77.1 Å². The first-order chi connectivity index (χ1) is 6.13. The fourth-order valence-electron chi connectivity index (χ4n) is 2.71. The summed E-state index contributed by atoms with van der Waals surface area (Å²) in [4.78, 5) is 21.9. The lowest BCUT2D eigenvalue weighted by Crippen LogP contribution is -2.46. The van der Waals surface area contributed by atoms with Crippen molar-refractivity contribution < 1.29 is 14.7 Å². The van der Waals surface area contributed by atoms with Gasteiger partial charge in [-0.25, -0.2) is 0 Å². The minimum atomic E-state index is -0.660. The molecule has 3 aliphatic rings. The molecule has 0 unspecified atom stereocenters. The average Bonchev–Trinajstić information content (AvgIpc) is 2.20. The van der Waals surface area contributed by atoms with Crippen LogP contribution in [0.1, 0.15) is 38.5 Å². The maximum absolute atomic E-state index is 11.0. The molecule has 0 spiro atoms. The fraction of sp³-hybridized carbons (Fsp3) is 0.800. The molecular weight excluding hydrogens is 168 g/mol. The van der Waals surface area contributed by atoms with E-state index >= 15 is 0 Å². The van der Waals surface area contributed by atoms with Crippen LogP contribution >= 0.6 is 0 Å². The lowest BCUT2D eigenvalue weighted by molar-refractivity contribution is -0.160. The van der Waals surface area contributed by atoms with Crippen LogP contribution in [-0.2, 0) is 9.59 Å². The summed E-state index contributed by atoms with van der Waals surface area (Å²) in [6, 6.07) is 0. The van der Waals surface area contributed by atoms with Gasteiger partial charge in [-0.05, 0) is 38.5 Å². The van der Waals surface area contributed by atoms with Gasteiger partial charge in [0, 0.05) is 5.41 Å².